The van der Waals surface area contributed by atoms with Crippen LogP contribution in [0.2, 0.25) is 0 Å². The lowest BCUT2D eigenvalue weighted by Crippen LogP contribution is -2.36. The second-order valence-electron chi connectivity index (χ2n) is 5.59. The molecule has 0 spiro atoms. The van der Waals surface area contributed by atoms with Crippen LogP contribution in [0.3, 0.4) is 0 Å². The largest absolute Gasteiger partial charge is 0.419 e. The number of hydrogen-bond acceptors (Lipinski definition) is 2. The summed E-state index contributed by atoms with van der Waals surface area (Å²) >= 11 is 0. The van der Waals surface area contributed by atoms with Gasteiger partial charge in [-0.25, -0.2) is 4.39 Å². The SMILES string of the molecule is CNCC1CCN(Cc2ccc(F)c(C(F)(F)F)c2)CC1. The molecule has 0 amide bonds. The van der Waals surface area contributed by atoms with E-state index in [0.29, 0.717) is 18.0 Å². The first-order valence-corrected chi connectivity index (χ1v) is 7.12. The van der Waals surface area contributed by atoms with Crippen molar-refractivity contribution in [2.75, 3.05) is 26.7 Å². The third kappa shape index (κ3) is 4.41. The van der Waals surface area contributed by atoms with Crippen LogP contribution in [-0.4, -0.2) is 31.6 Å². The van der Waals surface area contributed by atoms with E-state index in [1.54, 1.807) is 0 Å². The first-order chi connectivity index (χ1) is 9.90. The molecule has 21 heavy (non-hydrogen) atoms. The molecule has 1 N–H and O–H groups in total. The minimum Gasteiger partial charge on any atom is -0.319 e. The van der Waals surface area contributed by atoms with Gasteiger partial charge in [-0.3, -0.25) is 4.90 Å². The van der Waals surface area contributed by atoms with E-state index >= 15 is 0 Å². The average molecular weight is 304 g/mol. The van der Waals surface area contributed by atoms with Gasteiger partial charge in [-0.15, -0.1) is 0 Å². The number of nitrogens with zero attached hydrogens (tertiary/aromatic N) is 1. The molecule has 6 heteroatoms. The zero-order valence-electron chi connectivity index (χ0n) is 12.0. The third-order valence-corrected chi connectivity index (χ3v) is 3.94. The van der Waals surface area contributed by atoms with Gasteiger partial charge in [0.25, 0.3) is 0 Å². The Labute approximate surface area is 122 Å². The van der Waals surface area contributed by atoms with Gasteiger partial charge >= 0.3 is 6.18 Å². The molecule has 2 nitrogen and oxygen atoms in total. The first kappa shape index (κ1) is 16.2. The summed E-state index contributed by atoms with van der Waals surface area (Å²) in [7, 11) is 1.92. The molecule has 0 aliphatic carbocycles. The van der Waals surface area contributed by atoms with E-state index in [0.717, 1.165) is 44.6 Å². The molecule has 0 aromatic heterocycles. The van der Waals surface area contributed by atoms with Crippen LogP contribution in [0.4, 0.5) is 17.6 Å². The number of rotatable bonds is 4. The smallest absolute Gasteiger partial charge is 0.319 e. The van der Waals surface area contributed by atoms with Crippen LogP contribution in [0, 0.1) is 11.7 Å². The molecule has 0 radical (unpaired) electrons. The van der Waals surface area contributed by atoms with Gasteiger partial charge in [0.05, 0.1) is 5.56 Å². The van der Waals surface area contributed by atoms with Gasteiger partial charge in [0.1, 0.15) is 5.82 Å². The van der Waals surface area contributed by atoms with E-state index in [-0.39, 0.29) is 0 Å². The summed E-state index contributed by atoms with van der Waals surface area (Å²) < 4.78 is 51.3. The van der Waals surface area contributed by atoms with E-state index in [9.17, 15) is 17.6 Å². The fourth-order valence-electron chi connectivity index (χ4n) is 2.78. The molecule has 1 aliphatic rings. The molecule has 1 fully saturated rings. The maximum Gasteiger partial charge on any atom is 0.419 e. The van der Waals surface area contributed by atoms with Crippen molar-refractivity contribution < 1.29 is 17.6 Å². The highest BCUT2D eigenvalue weighted by atomic mass is 19.4. The molecular weight excluding hydrogens is 284 g/mol. The van der Waals surface area contributed by atoms with Crippen LogP contribution < -0.4 is 5.32 Å². The van der Waals surface area contributed by atoms with Crippen molar-refractivity contribution in [3.63, 3.8) is 0 Å². The quantitative estimate of drug-likeness (QED) is 0.859. The molecule has 0 bridgehead atoms. The molecule has 1 heterocycles. The number of hydrogen-bond donors (Lipinski definition) is 1. The van der Waals surface area contributed by atoms with Crippen molar-refractivity contribution in [2.24, 2.45) is 5.92 Å². The van der Waals surface area contributed by atoms with Crippen LogP contribution >= 0.6 is 0 Å². The Hall–Kier alpha value is -1.14. The Kier molecular flexibility index (Phi) is 5.22. The second kappa shape index (κ2) is 6.75. The van der Waals surface area contributed by atoms with E-state index in [1.165, 1.54) is 6.07 Å². The molecule has 1 aliphatic heterocycles. The van der Waals surface area contributed by atoms with Crippen LogP contribution in [0.25, 0.3) is 0 Å². The van der Waals surface area contributed by atoms with Gasteiger partial charge in [0.2, 0.25) is 0 Å². The van der Waals surface area contributed by atoms with E-state index in [2.05, 4.69) is 10.2 Å². The van der Waals surface area contributed by atoms with Crippen molar-refractivity contribution >= 4 is 0 Å². The molecule has 0 unspecified atom stereocenters. The van der Waals surface area contributed by atoms with Gasteiger partial charge in [-0.05, 0) is 63.1 Å². The fraction of sp³-hybridized carbons (Fsp3) is 0.600. The Bertz CT molecular complexity index is 465. The molecule has 118 valence electrons. The van der Waals surface area contributed by atoms with Crippen molar-refractivity contribution in [1.29, 1.82) is 0 Å². The Balaban J connectivity index is 1.98. The van der Waals surface area contributed by atoms with Crippen molar-refractivity contribution in [3.8, 4) is 0 Å². The number of benzene rings is 1. The number of piperidine rings is 1. The number of halogens is 4. The molecule has 0 atom stereocenters. The number of alkyl halides is 3. The lowest BCUT2D eigenvalue weighted by molar-refractivity contribution is -0.140. The summed E-state index contributed by atoms with van der Waals surface area (Å²) in [6.07, 6.45) is -2.57. The summed E-state index contributed by atoms with van der Waals surface area (Å²) in [5.74, 6) is -0.579. The predicted molar refractivity (Wildman–Crippen MR) is 73.3 cm³/mol. The maximum absolute atomic E-state index is 13.2. The van der Waals surface area contributed by atoms with E-state index < -0.39 is 17.6 Å². The highest BCUT2D eigenvalue weighted by molar-refractivity contribution is 5.27. The van der Waals surface area contributed by atoms with Gasteiger partial charge in [0.15, 0.2) is 0 Å². The second-order valence-corrected chi connectivity index (χ2v) is 5.59. The Morgan fingerprint density at radius 2 is 1.90 bits per heavy atom. The fourth-order valence-corrected chi connectivity index (χ4v) is 2.78. The van der Waals surface area contributed by atoms with Crippen LogP contribution in [0.1, 0.15) is 24.0 Å². The van der Waals surface area contributed by atoms with Gasteiger partial charge in [0, 0.05) is 6.54 Å². The topological polar surface area (TPSA) is 15.3 Å². The molecule has 2 rings (SSSR count). The summed E-state index contributed by atoms with van der Waals surface area (Å²) in [6.45, 7) is 3.15. The minimum absolute atomic E-state index is 0.440. The third-order valence-electron chi connectivity index (χ3n) is 3.94. The van der Waals surface area contributed by atoms with Crippen molar-refractivity contribution in [3.05, 3.63) is 35.1 Å². The van der Waals surface area contributed by atoms with Gasteiger partial charge in [-0.1, -0.05) is 6.07 Å². The Morgan fingerprint density at radius 1 is 1.24 bits per heavy atom. The molecule has 1 aromatic rings. The lowest BCUT2D eigenvalue weighted by Gasteiger charge is -2.32. The Morgan fingerprint density at radius 3 is 2.48 bits per heavy atom. The monoisotopic (exact) mass is 304 g/mol. The standard InChI is InChI=1S/C15H20F4N2/c1-20-9-11-4-6-21(7-5-11)10-12-2-3-14(16)13(8-12)15(17,18)19/h2-3,8,11,20H,4-7,9-10H2,1H3. The highest BCUT2D eigenvalue weighted by Gasteiger charge is 2.34. The molecular formula is C15H20F4N2. The van der Waals surface area contributed by atoms with Gasteiger partial charge in [-0.2, -0.15) is 13.2 Å². The summed E-state index contributed by atoms with van der Waals surface area (Å²) in [5, 5.41) is 3.15. The summed E-state index contributed by atoms with van der Waals surface area (Å²) in [6, 6.07) is 3.27. The zero-order valence-corrected chi connectivity index (χ0v) is 12.0. The number of likely N-dealkylation sites (tertiary alicyclic amines) is 1. The minimum atomic E-state index is -4.64. The normalized spacial score (nSPS) is 18.1. The lowest BCUT2D eigenvalue weighted by atomic mass is 9.96. The number of nitrogens with one attached hydrogen (secondary N) is 1. The average Bonchev–Trinajstić information content (AvgIpc) is 2.42. The first-order valence-electron chi connectivity index (χ1n) is 7.12. The zero-order chi connectivity index (χ0) is 15.5. The maximum atomic E-state index is 13.2. The summed E-state index contributed by atoms with van der Waals surface area (Å²) in [4.78, 5) is 2.12. The van der Waals surface area contributed by atoms with E-state index in [4.69, 9.17) is 0 Å². The van der Waals surface area contributed by atoms with E-state index in [1.807, 2.05) is 7.05 Å². The van der Waals surface area contributed by atoms with Crippen molar-refractivity contribution in [1.82, 2.24) is 10.2 Å². The van der Waals surface area contributed by atoms with Crippen LogP contribution in [-0.2, 0) is 12.7 Å². The summed E-state index contributed by atoms with van der Waals surface area (Å²) in [5.41, 5.74) is -0.666. The van der Waals surface area contributed by atoms with Crippen LogP contribution in [0.15, 0.2) is 18.2 Å². The molecule has 1 aromatic carbocycles. The van der Waals surface area contributed by atoms with Crippen molar-refractivity contribution in [2.45, 2.75) is 25.6 Å². The molecule has 0 saturated carbocycles. The van der Waals surface area contributed by atoms with Gasteiger partial charge < -0.3 is 5.32 Å². The highest BCUT2D eigenvalue weighted by Crippen LogP contribution is 2.32. The predicted octanol–water partition coefficient (Wildman–Crippen LogP) is 3.28. The van der Waals surface area contributed by atoms with Crippen LogP contribution in [0.5, 0.6) is 0 Å². The molecule has 1 saturated heterocycles.